The number of ether oxygens (including phenoxy) is 1. The van der Waals surface area contributed by atoms with Gasteiger partial charge < -0.3 is 10.1 Å². The number of amides is 1. The van der Waals surface area contributed by atoms with Crippen LogP contribution in [0.25, 0.3) is 0 Å². The number of unbranched alkanes of at least 4 members (excludes halogenated alkanes) is 4. The van der Waals surface area contributed by atoms with Crippen LogP contribution in [0.2, 0.25) is 0 Å². The Morgan fingerprint density at radius 3 is 2.65 bits per heavy atom. The lowest BCUT2D eigenvalue weighted by Gasteiger charge is -2.18. The van der Waals surface area contributed by atoms with Gasteiger partial charge >= 0.3 is 5.97 Å². The van der Waals surface area contributed by atoms with Crippen LogP contribution in [0.3, 0.4) is 0 Å². The van der Waals surface area contributed by atoms with Gasteiger partial charge in [-0.2, -0.15) is 0 Å². The second-order valence-corrected chi connectivity index (χ2v) is 8.51. The van der Waals surface area contributed by atoms with Crippen molar-refractivity contribution in [3.8, 4) is 0 Å². The Morgan fingerprint density at radius 2 is 1.92 bits per heavy atom. The van der Waals surface area contributed by atoms with Crippen molar-refractivity contribution in [3.05, 3.63) is 16.0 Å². The standard InChI is InChI=1S/C21H33NO3S/c1-4-6-7-8-9-10-18(23)22-20-19(21(24)25-13-5-2)16-12-11-15(3)14-17(16)26-20/h15H,4-14H2,1-3H3,(H,22,23). The zero-order valence-electron chi connectivity index (χ0n) is 16.5. The fourth-order valence-corrected chi connectivity index (χ4v) is 4.81. The van der Waals surface area contributed by atoms with Crippen LogP contribution in [0.15, 0.2) is 0 Å². The van der Waals surface area contributed by atoms with Gasteiger partial charge in [0.15, 0.2) is 0 Å². The third-order valence-electron chi connectivity index (χ3n) is 4.91. The lowest BCUT2D eigenvalue weighted by Crippen LogP contribution is -2.16. The van der Waals surface area contributed by atoms with E-state index in [-0.39, 0.29) is 11.9 Å². The number of fused-ring (bicyclic) bond motifs is 1. The molecule has 26 heavy (non-hydrogen) atoms. The number of anilines is 1. The van der Waals surface area contributed by atoms with E-state index in [4.69, 9.17) is 4.74 Å². The van der Waals surface area contributed by atoms with Crippen LogP contribution in [-0.4, -0.2) is 18.5 Å². The van der Waals surface area contributed by atoms with E-state index >= 15 is 0 Å². The van der Waals surface area contributed by atoms with Gasteiger partial charge in [-0.3, -0.25) is 4.79 Å². The Kier molecular flexibility index (Phi) is 8.63. The minimum Gasteiger partial charge on any atom is -0.462 e. The molecule has 1 atom stereocenters. The van der Waals surface area contributed by atoms with E-state index in [1.165, 1.54) is 24.1 Å². The summed E-state index contributed by atoms with van der Waals surface area (Å²) in [5.74, 6) is 0.359. The van der Waals surface area contributed by atoms with Crippen molar-refractivity contribution < 1.29 is 14.3 Å². The monoisotopic (exact) mass is 379 g/mol. The van der Waals surface area contributed by atoms with Crippen LogP contribution in [0, 0.1) is 5.92 Å². The predicted octanol–water partition coefficient (Wildman–Crippen LogP) is 5.74. The quantitative estimate of drug-likeness (QED) is 0.417. The molecule has 0 aromatic carbocycles. The number of thiophene rings is 1. The lowest BCUT2D eigenvalue weighted by molar-refractivity contribution is -0.116. The summed E-state index contributed by atoms with van der Waals surface area (Å²) >= 11 is 1.57. The molecule has 1 aliphatic carbocycles. The first-order chi connectivity index (χ1) is 12.6. The highest BCUT2D eigenvalue weighted by atomic mass is 32.1. The SMILES string of the molecule is CCCCCCCC(=O)Nc1sc2c(c1C(=O)OCCC)CCC(C)C2. The molecule has 0 fully saturated rings. The Bertz CT molecular complexity index is 609. The van der Waals surface area contributed by atoms with Crippen LogP contribution in [0.1, 0.15) is 92.9 Å². The van der Waals surface area contributed by atoms with Crippen LogP contribution in [0.4, 0.5) is 5.00 Å². The largest absolute Gasteiger partial charge is 0.462 e. The summed E-state index contributed by atoms with van der Waals surface area (Å²) in [4.78, 5) is 26.2. The first-order valence-electron chi connectivity index (χ1n) is 10.2. The average molecular weight is 380 g/mol. The van der Waals surface area contributed by atoms with Crippen molar-refractivity contribution in [3.63, 3.8) is 0 Å². The number of carbonyl (C=O) groups is 2. The molecule has 0 radical (unpaired) electrons. The number of hydrogen-bond acceptors (Lipinski definition) is 4. The fraction of sp³-hybridized carbons (Fsp3) is 0.714. The predicted molar refractivity (Wildman–Crippen MR) is 108 cm³/mol. The maximum absolute atomic E-state index is 12.6. The van der Waals surface area contributed by atoms with Gasteiger partial charge in [0.25, 0.3) is 0 Å². The van der Waals surface area contributed by atoms with Gasteiger partial charge in [0.05, 0.1) is 12.2 Å². The summed E-state index contributed by atoms with van der Waals surface area (Å²) in [6.07, 6.45) is 9.90. The van der Waals surface area contributed by atoms with Gasteiger partial charge in [0, 0.05) is 11.3 Å². The second-order valence-electron chi connectivity index (χ2n) is 7.40. The third-order valence-corrected chi connectivity index (χ3v) is 6.08. The normalized spacial score (nSPS) is 16.2. The molecule has 0 saturated carbocycles. The van der Waals surface area contributed by atoms with Gasteiger partial charge in [-0.15, -0.1) is 11.3 Å². The number of nitrogens with one attached hydrogen (secondary N) is 1. The highest BCUT2D eigenvalue weighted by Gasteiger charge is 2.29. The molecule has 4 nitrogen and oxygen atoms in total. The van der Waals surface area contributed by atoms with Crippen LogP contribution in [0.5, 0.6) is 0 Å². The molecule has 1 amide bonds. The van der Waals surface area contributed by atoms with Crippen LogP contribution >= 0.6 is 11.3 Å². The lowest BCUT2D eigenvalue weighted by atomic mass is 9.88. The number of rotatable bonds is 10. The van der Waals surface area contributed by atoms with E-state index in [0.717, 1.165) is 44.1 Å². The van der Waals surface area contributed by atoms with E-state index < -0.39 is 0 Å². The topological polar surface area (TPSA) is 55.4 Å². The molecule has 0 spiro atoms. The molecule has 2 rings (SSSR count). The molecule has 1 aliphatic rings. The molecule has 0 saturated heterocycles. The van der Waals surface area contributed by atoms with E-state index in [9.17, 15) is 9.59 Å². The summed E-state index contributed by atoms with van der Waals surface area (Å²) in [6.45, 7) is 6.83. The van der Waals surface area contributed by atoms with Gasteiger partial charge in [0.1, 0.15) is 5.00 Å². The van der Waals surface area contributed by atoms with Gasteiger partial charge in [-0.25, -0.2) is 4.79 Å². The molecule has 1 aromatic heterocycles. The molecular weight excluding hydrogens is 346 g/mol. The highest BCUT2D eigenvalue weighted by molar-refractivity contribution is 7.17. The number of carbonyl (C=O) groups excluding carboxylic acids is 2. The Labute approximate surface area is 161 Å². The first kappa shape index (κ1) is 20.9. The average Bonchev–Trinajstić information content (AvgIpc) is 2.96. The fourth-order valence-electron chi connectivity index (χ4n) is 3.40. The van der Waals surface area contributed by atoms with Crippen molar-refractivity contribution >= 4 is 28.2 Å². The van der Waals surface area contributed by atoms with Gasteiger partial charge in [-0.05, 0) is 43.6 Å². The summed E-state index contributed by atoms with van der Waals surface area (Å²) in [5.41, 5.74) is 1.72. The van der Waals surface area contributed by atoms with Crippen molar-refractivity contribution in [1.82, 2.24) is 0 Å². The van der Waals surface area contributed by atoms with Crippen molar-refractivity contribution in [2.24, 2.45) is 5.92 Å². The summed E-state index contributed by atoms with van der Waals surface area (Å²) in [6, 6.07) is 0. The Morgan fingerprint density at radius 1 is 1.15 bits per heavy atom. The van der Waals surface area contributed by atoms with Crippen molar-refractivity contribution in [2.45, 2.75) is 85.0 Å². The second kappa shape index (κ2) is 10.7. The molecule has 0 bridgehead atoms. The Balaban J connectivity index is 2.06. The molecule has 146 valence electrons. The van der Waals surface area contributed by atoms with Crippen LogP contribution < -0.4 is 5.32 Å². The van der Waals surface area contributed by atoms with E-state index in [0.29, 0.717) is 29.5 Å². The van der Waals surface area contributed by atoms with Crippen molar-refractivity contribution in [2.75, 3.05) is 11.9 Å². The van der Waals surface area contributed by atoms with Crippen molar-refractivity contribution in [1.29, 1.82) is 0 Å². The molecule has 1 heterocycles. The van der Waals surface area contributed by atoms with E-state index in [1.54, 1.807) is 11.3 Å². The van der Waals surface area contributed by atoms with Gasteiger partial charge in [-0.1, -0.05) is 46.5 Å². The maximum atomic E-state index is 12.6. The molecule has 1 unspecified atom stereocenters. The molecule has 1 aromatic rings. The molecule has 0 aliphatic heterocycles. The number of esters is 1. The minimum atomic E-state index is -0.280. The Hall–Kier alpha value is -1.36. The molecular formula is C21H33NO3S. The zero-order chi connectivity index (χ0) is 18.9. The highest BCUT2D eigenvalue weighted by Crippen LogP contribution is 2.40. The smallest absolute Gasteiger partial charge is 0.341 e. The summed E-state index contributed by atoms with van der Waals surface area (Å²) < 4.78 is 5.39. The summed E-state index contributed by atoms with van der Waals surface area (Å²) in [5, 5.41) is 3.71. The van der Waals surface area contributed by atoms with Crippen LogP contribution in [-0.2, 0) is 22.4 Å². The van der Waals surface area contributed by atoms with Gasteiger partial charge in [0.2, 0.25) is 5.91 Å². The summed E-state index contributed by atoms with van der Waals surface area (Å²) in [7, 11) is 0. The minimum absolute atomic E-state index is 0.0117. The third kappa shape index (κ3) is 5.83. The van der Waals surface area contributed by atoms with E-state index in [1.807, 2.05) is 6.92 Å². The molecule has 5 heteroatoms. The number of hydrogen-bond donors (Lipinski definition) is 1. The molecule has 1 N–H and O–H groups in total. The maximum Gasteiger partial charge on any atom is 0.341 e. The van der Waals surface area contributed by atoms with E-state index in [2.05, 4.69) is 19.2 Å². The zero-order valence-corrected chi connectivity index (χ0v) is 17.3. The first-order valence-corrected chi connectivity index (χ1v) is 11.0.